The first kappa shape index (κ1) is 9.16. The Morgan fingerprint density at radius 3 is 2.57 bits per heavy atom. The maximum Gasteiger partial charge on any atom is 0.169 e. The van der Waals surface area contributed by atoms with E-state index in [1.54, 1.807) is 6.92 Å². The van der Waals surface area contributed by atoms with Gasteiger partial charge < -0.3 is 0 Å². The predicted molar refractivity (Wildman–Crippen MR) is 58.6 cm³/mol. The summed E-state index contributed by atoms with van der Waals surface area (Å²) in [5.41, 5.74) is 2.24. The van der Waals surface area contributed by atoms with Crippen LogP contribution in [0.1, 0.15) is 16.6 Å². The van der Waals surface area contributed by atoms with Gasteiger partial charge in [-0.3, -0.25) is 4.79 Å². The van der Waals surface area contributed by atoms with Crippen molar-refractivity contribution in [2.45, 2.75) is 6.92 Å². The highest BCUT2D eigenvalue weighted by Crippen LogP contribution is 2.25. The summed E-state index contributed by atoms with van der Waals surface area (Å²) in [6, 6.07) is 12.6. The molecule has 0 aliphatic carbocycles. The Morgan fingerprint density at radius 1 is 1.29 bits per heavy atom. The fraction of sp³-hybridized carbons (Fsp3) is 0.0833. The lowest BCUT2D eigenvalue weighted by atomic mass is 10.1. The van der Waals surface area contributed by atoms with Crippen LogP contribution in [0, 0.1) is 6.07 Å². The Hall–Kier alpha value is -1.41. The van der Waals surface area contributed by atoms with E-state index in [1.165, 1.54) is 11.3 Å². The molecule has 0 aliphatic rings. The second-order valence-electron chi connectivity index (χ2n) is 3.04. The van der Waals surface area contributed by atoms with Crippen LogP contribution in [-0.4, -0.2) is 5.78 Å². The van der Waals surface area contributed by atoms with Crippen LogP contribution in [0.25, 0.3) is 11.1 Å². The summed E-state index contributed by atoms with van der Waals surface area (Å²) >= 11 is 1.49. The van der Waals surface area contributed by atoms with Gasteiger partial charge in [0.1, 0.15) is 0 Å². The molecule has 0 spiro atoms. The second-order valence-corrected chi connectivity index (χ2v) is 3.96. The molecule has 2 aromatic rings. The molecule has 0 atom stereocenters. The van der Waals surface area contributed by atoms with Crippen LogP contribution in [0.2, 0.25) is 0 Å². The van der Waals surface area contributed by atoms with Crippen LogP contribution in [0.3, 0.4) is 0 Å². The quantitative estimate of drug-likeness (QED) is 0.680. The standard InChI is InChI=1S/C12H9OS/c1-9(13)12-7-11(8-14-12)10-5-3-2-4-6-10/h3-8H,1H3. The predicted octanol–water partition coefficient (Wildman–Crippen LogP) is 3.42. The van der Waals surface area contributed by atoms with Crippen LogP contribution in [0.4, 0.5) is 0 Å². The first-order chi connectivity index (χ1) is 6.77. The van der Waals surface area contributed by atoms with Gasteiger partial charge in [0.05, 0.1) is 4.88 Å². The normalized spacial score (nSPS) is 10.1. The molecule has 14 heavy (non-hydrogen) atoms. The monoisotopic (exact) mass is 201 g/mol. The van der Waals surface area contributed by atoms with Crippen LogP contribution >= 0.6 is 11.3 Å². The molecule has 1 aromatic carbocycles. The molecule has 1 radical (unpaired) electrons. The molecule has 2 rings (SSSR count). The van der Waals surface area contributed by atoms with Gasteiger partial charge in [0.25, 0.3) is 0 Å². The highest BCUT2D eigenvalue weighted by atomic mass is 32.1. The van der Waals surface area contributed by atoms with Gasteiger partial charge in [-0.05, 0) is 35.6 Å². The third-order valence-corrected chi connectivity index (χ3v) is 3.03. The summed E-state index contributed by atoms with van der Waals surface area (Å²) in [6.45, 7) is 1.59. The summed E-state index contributed by atoms with van der Waals surface area (Å²) in [5.74, 6) is 0.128. The highest BCUT2D eigenvalue weighted by Gasteiger charge is 2.04. The fourth-order valence-electron chi connectivity index (χ4n) is 1.25. The van der Waals surface area contributed by atoms with Crippen LogP contribution in [-0.2, 0) is 0 Å². The molecular weight excluding hydrogens is 192 g/mol. The highest BCUT2D eigenvalue weighted by molar-refractivity contribution is 7.12. The smallest absolute Gasteiger partial charge is 0.169 e. The number of hydrogen-bond donors (Lipinski definition) is 0. The number of rotatable bonds is 2. The van der Waals surface area contributed by atoms with E-state index in [1.807, 2.05) is 35.7 Å². The van der Waals surface area contributed by atoms with E-state index in [4.69, 9.17) is 0 Å². The summed E-state index contributed by atoms with van der Waals surface area (Å²) in [6.07, 6.45) is 0. The molecule has 0 saturated heterocycles. The van der Waals surface area contributed by atoms with E-state index < -0.39 is 0 Å². The third kappa shape index (κ3) is 1.75. The largest absolute Gasteiger partial charge is 0.294 e. The van der Waals surface area contributed by atoms with E-state index in [9.17, 15) is 4.79 Å². The number of carbonyl (C=O) groups excluding carboxylic acids is 1. The zero-order chi connectivity index (χ0) is 9.97. The van der Waals surface area contributed by atoms with Crippen molar-refractivity contribution in [2.75, 3.05) is 0 Å². The molecule has 0 saturated carbocycles. The Bertz CT molecular complexity index is 442. The van der Waals surface area contributed by atoms with Crippen molar-refractivity contribution in [1.82, 2.24) is 0 Å². The molecule has 1 nitrogen and oxygen atoms in total. The van der Waals surface area contributed by atoms with Crippen molar-refractivity contribution in [3.63, 3.8) is 0 Å². The maximum atomic E-state index is 11.1. The molecule has 2 heteroatoms. The van der Waals surface area contributed by atoms with E-state index in [0.717, 1.165) is 16.0 Å². The minimum atomic E-state index is 0.128. The van der Waals surface area contributed by atoms with Gasteiger partial charge in [-0.15, -0.1) is 11.3 Å². The molecule has 0 bridgehead atoms. The molecule has 69 valence electrons. The molecular formula is C12H9OS. The zero-order valence-electron chi connectivity index (χ0n) is 7.78. The second kappa shape index (κ2) is 3.76. The Labute approximate surface area is 87.0 Å². The molecule has 0 unspecified atom stereocenters. The average Bonchev–Trinajstić information content (AvgIpc) is 2.68. The van der Waals surface area contributed by atoms with Crippen molar-refractivity contribution in [2.24, 2.45) is 0 Å². The van der Waals surface area contributed by atoms with Gasteiger partial charge in [-0.25, -0.2) is 0 Å². The van der Waals surface area contributed by atoms with Crippen molar-refractivity contribution in [1.29, 1.82) is 0 Å². The number of benzene rings is 1. The number of Topliss-reactive ketones (excluding diaryl/α,β-unsaturated/α-hetero) is 1. The molecule has 0 aliphatic heterocycles. The van der Waals surface area contributed by atoms with Gasteiger partial charge in [-0.2, -0.15) is 0 Å². The Morgan fingerprint density at radius 2 is 2.00 bits per heavy atom. The lowest BCUT2D eigenvalue weighted by molar-refractivity contribution is 0.102. The number of hydrogen-bond acceptors (Lipinski definition) is 2. The third-order valence-electron chi connectivity index (χ3n) is 2.00. The molecule has 0 amide bonds. The summed E-state index contributed by atoms with van der Waals surface area (Å²) in [5, 5.41) is 2.01. The minimum Gasteiger partial charge on any atom is -0.294 e. The number of ketones is 1. The zero-order valence-corrected chi connectivity index (χ0v) is 8.60. The fourth-order valence-corrected chi connectivity index (χ4v) is 2.07. The van der Waals surface area contributed by atoms with E-state index in [0.29, 0.717) is 0 Å². The Balaban J connectivity index is 2.39. The van der Waals surface area contributed by atoms with E-state index in [2.05, 4.69) is 6.07 Å². The lowest BCUT2D eigenvalue weighted by Crippen LogP contribution is -1.84. The van der Waals surface area contributed by atoms with Gasteiger partial charge in [0.15, 0.2) is 5.78 Å². The molecule has 0 fully saturated rings. The SMILES string of the molecule is CC(=O)c1cc(-c2cc[c]cc2)cs1. The number of carbonyl (C=O) groups is 1. The van der Waals surface area contributed by atoms with Crippen molar-refractivity contribution >= 4 is 17.1 Å². The number of thiophene rings is 1. The summed E-state index contributed by atoms with van der Waals surface area (Å²) in [4.78, 5) is 11.9. The topological polar surface area (TPSA) is 17.1 Å². The van der Waals surface area contributed by atoms with Crippen molar-refractivity contribution in [3.8, 4) is 11.1 Å². The molecule has 0 N–H and O–H groups in total. The average molecular weight is 201 g/mol. The summed E-state index contributed by atoms with van der Waals surface area (Å²) in [7, 11) is 0. The van der Waals surface area contributed by atoms with Crippen LogP contribution in [0.15, 0.2) is 35.7 Å². The maximum absolute atomic E-state index is 11.1. The van der Waals surface area contributed by atoms with Gasteiger partial charge in [0, 0.05) is 0 Å². The van der Waals surface area contributed by atoms with Gasteiger partial charge >= 0.3 is 0 Å². The van der Waals surface area contributed by atoms with Crippen molar-refractivity contribution < 1.29 is 4.79 Å². The first-order valence-electron chi connectivity index (χ1n) is 4.33. The van der Waals surface area contributed by atoms with Crippen LogP contribution in [0.5, 0.6) is 0 Å². The first-order valence-corrected chi connectivity index (χ1v) is 5.21. The van der Waals surface area contributed by atoms with Crippen LogP contribution < -0.4 is 0 Å². The molecule has 1 aromatic heterocycles. The van der Waals surface area contributed by atoms with E-state index in [-0.39, 0.29) is 5.78 Å². The van der Waals surface area contributed by atoms with E-state index >= 15 is 0 Å². The van der Waals surface area contributed by atoms with Crippen molar-refractivity contribution in [3.05, 3.63) is 46.7 Å². The van der Waals surface area contributed by atoms with Gasteiger partial charge in [-0.1, -0.05) is 24.3 Å². The lowest BCUT2D eigenvalue weighted by Gasteiger charge is -1.94. The molecule has 1 heterocycles. The summed E-state index contributed by atoms with van der Waals surface area (Å²) < 4.78 is 0. The minimum absolute atomic E-state index is 0.128. The van der Waals surface area contributed by atoms with Gasteiger partial charge in [0.2, 0.25) is 0 Å². The Kier molecular flexibility index (Phi) is 2.46.